The third-order valence-corrected chi connectivity index (χ3v) is 5.51. The molecule has 1 atom stereocenters. The lowest BCUT2D eigenvalue weighted by molar-refractivity contribution is -0.121. The van der Waals surface area contributed by atoms with E-state index in [1.54, 1.807) is 0 Å². The average Bonchev–Trinajstić information content (AvgIpc) is 3.14. The Hall–Kier alpha value is -2.37. The highest BCUT2D eigenvalue weighted by molar-refractivity contribution is 7.09. The summed E-state index contributed by atoms with van der Waals surface area (Å²) in [7, 11) is 0. The molecule has 0 fully saturated rings. The predicted octanol–water partition coefficient (Wildman–Crippen LogP) is 5.36. The minimum absolute atomic E-state index is 0.0598. The molecule has 6 heteroatoms. The van der Waals surface area contributed by atoms with Gasteiger partial charge in [0.25, 0.3) is 0 Å². The molecule has 146 valence electrons. The standard InChI is InChI=1S/C22H23ClN2O2S/c1-3-16-4-10-20(11-5-16)27-13-22-25-19(14-28-22)12-21(26)24-15(2)17-6-8-18(23)9-7-17/h4-11,14-15H,3,12-13H2,1-2H3,(H,24,26)/t15-/m0/s1. The fourth-order valence-electron chi connectivity index (χ4n) is 2.75. The number of nitrogens with zero attached hydrogens (tertiary/aromatic N) is 1. The highest BCUT2D eigenvalue weighted by Crippen LogP contribution is 2.18. The first-order chi connectivity index (χ1) is 13.5. The van der Waals surface area contributed by atoms with Crippen molar-refractivity contribution in [3.8, 4) is 5.75 Å². The molecule has 0 saturated heterocycles. The van der Waals surface area contributed by atoms with E-state index in [4.69, 9.17) is 16.3 Å². The molecule has 1 N–H and O–H groups in total. The molecule has 0 aliphatic heterocycles. The van der Waals surface area contributed by atoms with Crippen LogP contribution in [0.3, 0.4) is 0 Å². The third kappa shape index (κ3) is 5.81. The van der Waals surface area contributed by atoms with E-state index >= 15 is 0 Å². The molecule has 1 aromatic heterocycles. The zero-order valence-electron chi connectivity index (χ0n) is 15.9. The highest BCUT2D eigenvalue weighted by atomic mass is 35.5. The maximum Gasteiger partial charge on any atom is 0.226 e. The molecular formula is C22H23ClN2O2S. The number of amides is 1. The van der Waals surface area contributed by atoms with Crippen LogP contribution in [0.4, 0.5) is 0 Å². The van der Waals surface area contributed by atoms with E-state index in [-0.39, 0.29) is 18.4 Å². The van der Waals surface area contributed by atoms with E-state index in [0.29, 0.717) is 11.6 Å². The molecule has 3 aromatic rings. The van der Waals surface area contributed by atoms with Gasteiger partial charge in [-0.3, -0.25) is 4.79 Å². The van der Waals surface area contributed by atoms with Crippen molar-refractivity contribution in [1.29, 1.82) is 0 Å². The summed E-state index contributed by atoms with van der Waals surface area (Å²) < 4.78 is 5.78. The number of aryl methyl sites for hydroxylation is 1. The van der Waals surface area contributed by atoms with Crippen LogP contribution in [0, 0.1) is 0 Å². The molecule has 0 radical (unpaired) electrons. The van der Waals surface area contributed by atoms with Crippen molar-refractivity contribution in [2.75, 3.05) is 0 Å². The van der Waals surface area contributed by atoms with Gasteiger partial charge in [-0.15, -0.1) is 11.3 Å². The molecule has 2 aromatic carbocycles. The Bertz CT molecular complexity index is 907. The van der Waals surface area contributed by atoms with Crippen LogP contribution in [0.1, 0.15) is 41.7 Å². The summed E-state index contributed by atoms with van der Waals surface area (Å²) >= 11 is 7.41. The summed E-state index contributed by atoms with van der Waals surface area (Å²) in [5.74, 6) is 0.763. The van der Waals surface area contributed by atoms with Crippen LogP contribution >= 0.6 is 22.9 Å². The second kappa shape index (κ2) is 9.71. The zero-order valence-corrected chi connectivity index (χ0v) is 17.5. The number of hydrogen-bond acceptors (Lipinski definition) is 4. The Kier molecular flexibility index (Phi) is 7.06. The van der Waals surface area contributed by atoms with Crippen LogP contribution in [0.2, 0.25) is 5.02 Å². The van der Waals surface area contributed by atoms with Crippen LogP contribution in [0.5, 0.6) is 5.75 Å². The van der Waals surface area contributed by atoms with Crippen LogP contribution < -0.4 is 10.1 Å². The molecule has 0 spiro atoms. The zero-order chi connectivity index (χ0) is 19.9. The topological polar surface area (TPSA) is 51.2 Å². The Morgan fingerprint density at radius 2 is 1.89 bits per heavy atom. The van der Waals surface area contributed by atoms with Crippen molar-refractivity contribution in [3.05, 3.63) is 80.8 Å². The van der Waals surface area contributed by atoms with E-state index in [9.17, 15) is 4.79 Å². The van der Waals surface area contributed by atoms with Gasteiger partial charge >= 0.3 is 0 Å². The Morgan fingerprint density at radius 1 is 1.18 bits per heavy atom. The fourth-order valence-corrected chi connectivity index (χ4v) is 3.59. The quantitative estimate of drug-likeness (QED) is 0.540. The van der Waals surface area contributed by atoms with E-state index in [2.05, 4.69) is 29.4 Å². The number of benzene rings is 2. The van der Waals surface area contributed by atoms with Gasteiger partial charge in [-0.2, -0.15) is 0 Å². The minimum Gasteiger partial charge on any atom is -0.486 e. The van der Waals surface area contributed by atoms with Gasteiger partial charge in [0.2, 0.25) is 5.91 Å². The van der Waals surface area contributed by atoms with Gasteiger partial charge in [-0.1, -0.05) is 42.8 Å². The van der Waals surface area contributed by atoms with Crippen molar-refractivity contribution in [2.24, 2.45) is 0 Å². The van der Waals surface area contributed by atoms with Crippen molar-refractivity contribution in [3.63, 3.8) is 0 Å². The molecule has 0 bridgehead atoms. The summed E-state index contributed by atoms with van der Waals surface area (Å²) in [5.41, 5.74) is 3.05. The third-order valence-electron chi connectivity index (χ3n) is 4.38. The first kappa shape index (κ1) is 20.4. The smallest absolute Gasteiger partial charge is 0.226 e. The van der Waals surface area contributed by atoms with E-state index in [0.717, 1.165) is 28.4 Å². The SMILES string of the molecule is CCc1ccc(OCc2nc(CC(=O)N[C@@H](C)c3ccc(Cl)cc3)cs2)cc1. The molecule has 1 amide bonds. The number of nitrogens with one attached hydrogen (secondary N) is 1. The van der Waals surface area contributed by atoms with E-state index in [1.807, 2.05) is 48.7 Å². The lowest BCUT2D eigenvalue weighted by Crippen LogP contribution is -2.28. The normalized spacial score (nSPS) is 11.8. The lowest BCUT2D eigenvalue weighted by Gasteiger charge is -2.14. The number of hydrogen-bond donors (Lipinski definition) is 1. The van der Waals surface area contributed by atoms with Crippen LogP contribution in [-0.4, -0.2) is 10.9 Å². The van der Waals surface area contributed by atoms with E-state index < -0.39 is 0 Å². The van der Waals surface area contributed by atoms with E-state index in [1.165, 1.54) is 16.9 Å². The van der Waals surface area contributed by atoms with Crippen molar-refractivity contribution >= 4 is 28.8 Å². The molecule has 4 nitrogen and oxygen atoms in total. The second-order valence-electron chi connectivity index (χ2n) is 6.54. The molecular weight excluding hydrogens is 392 g/mol. The molecule has 3 rings (SSSR count). The van der Waals surface area contributed by atoms with Gasteiger partial charge in [0.15, 0.2) is 0 Å². The molecule has 0 aliphatic rings. The summed E-state index contributed by atoms with van der Waals surface area (Å²) in [6.07, 6.45) is 1.26. The fraction of sp³-hybridized carbons (Fsp3) is 0.273. The predicted molar refractivity (Wildman–Crippen MR) is 114 cm³/mol. The van der Waals surface area contributed by atoms with Crippen molar-refractivity contribution in [1.82, 2.24) is 10.3 Å². The number of aromatic nitrogens is 1. The second-order valence-corrected chi connectivity index (χ2v) is 7.92. The van der Waals surface area contributed by atoms with Crippen LogP contribution in [0.25, 0.3) is 0 Å². The first-order valence-corrected chi connectivity index (χ1v) is 10.5. The lowest BCUT2D eigenvalue weighted by atomic mass is 10.1. The monoisotopic (exact) mass is 414 g/mol. The Balaban J connectivity index is 1.49. The molecule has 28 heavy (non-hydrogen) atoms. The van der Waals surface area contributed by atoms with Crippen LogP contribution in [0.15, 0.2) is 53.9 Å². The van der Waals surface area contributed by atoms with Gasteiger partial charge in [-0.25, -0.2) is 4.98 Å². The first-order valence-electron chi connectivity index (χ1n) is 9.23. The van der Waals surface area contributed by atoms with Gasteiger partial charge in [0.05, 0.1) is 18.2 Å². The number of ether oxygens (including phenoxy) is 1. The summed E-state index contributed by atoms with van der Waals surface area (Å²) in [5, 5.41) is 6.44. The molecule has 0 unspecified atom stereocenters. The Morgan fingerprint density at radius 3 is 2.57 bits per heavy atom. The van der Waals surface area contributed by atoms with Crippen molar-refractivity contribution in [2.45, 2.75) is 39.3 Å². The largest absolute Gasteiger partial charge is 0.486 e. The van der Waals surface area contributed by atoms with Gasteiger partial charge in [0, 0.05) is 10.4 Å². The molecule has 0 saturated carbocycles. The van der Waals surface area contributed by atoms with Crippen molar-refractivity contribution < 1.29 is 9.53 Å². The summed E-state index contributed by atoms with van der Waals surface area (Å²) in [6.45, 7) is 4.48. The summed E-state index contributed by atoms with van der Waals surface area (Å²) in [6, 6.07) is 15.5. The van der Waals surface area contributed by atoms with Gasteiger partial charge in [0.1, 0.15) is 17.4 Å². The highest BCUT2D eigenvalue weighted by Gasteiger charge is 2.12. The van der Waals surface area contributed by atoms with Gasteiger partial charge < -0.3 is 10.1 Å². The number of rotatable bonds is 8. The number of carbonyl (C=O) groups excluding carboxylic acids is 1. The van der Waals surface area contributed by atoms with Crippen LogP contribution in [-0.2, 0) is 24.2 Å². The minimum atomic E-state index is -0.0858. The maximum absolute atomic E-state index is 12.3. The molecule has 0 aliphatic carbocycles. The maximum atomic E-state index is 12.3. The Labute approximate surface area is 174 Å². The van der Waals surface area contributed by atoms with Gasteiger partial charge in [-0.05, 0) is 48.7 Å². The summed E-state index contributed by atoms with van der Waals surface area (Å²) in [4.78, 5) is 16.8. The molecule has 1 heterocycles. The number of thiazole rings is 1. The number of halogens is 1. The average molecular weight is 415 g/mol. The number of carbonyl (C=O) groups is 1.